The predicted octanol–water partition coefficient (Wildman–Crippen LogP) is 0.856. The van der Waals surface area contributed by atoms with Crippen molar-refractivity contribution in [2.75, 3.05) is 7.11 Å². The lowest BCUT2D eigenvalue weighted by molar-refractivity contribution is 0.412. The van der Waals surface area contributed by atoms with E-state index in [-0.39, 0.29) is 11.4 Å². The van der Waals surface area contributed by atoms with Gasteiger partial charge in [-0.3, -0.25) is 10.3 Å². The van der Waals surface area contributed by atoms with Crippen LogP contribution >= 0.6 is 0 Å². The first kappa shape index (κ1) is 9.82. The molecule has 0 aliphatic heterocycles. The molecule has 0 saturated carbocycles. The molecule has 0 aliphatic rings. The van der Waals surface area contributed by atoms with Crippen LogP contribution in [0.25, 0.3) is 0 Å². The van der Waals surface area contributed by atoms with Gasteiger partial charge in [0.25, 0.3) is 10.1 Å². The number of nitrogens with one attached hydrogen (secondary N) is 1. The first-order valence-corrected chi connectivity index (χ1v) is 4.76. The second-order valence-electron chi connectivity index (χ2n) is 2.34. The van der Waals surface area contributed by atoms with Gasteiger partial charge in [-0.25, -0.2) is 0 Å². The molecule has 1 rings (SSSR count). The highest BCUT2D eigenvalue weighted by molar-refractivity contribution is 7.86. The Morgan fingerprint density at radius 1 is 1.46 bits per heavy atom. The lowest BCUT2D eigenvalue weighted by Crippen LogP contribution is -1.99. The molecule has 1 radical (unpaired) electrons. The fraction of sp³-hybridized carbons (Fsp3) is 0.143. The standard InChI is InChI=1S/C7H8NO4S/c1-12-5-2-3-6(8)7(4-5)13(9,10)11/h2-4,8H,1H3,(H,9,10,11). The van der Waals surface area contributed by atoms with Crippen molar-refractivity contribution in [1.29, 1.82) is 0 Å². The fourth-order valence-corrected chi connectivity index (χ4v) is 1.45. The number of rotatable bonds is 2. The Bertz CT molecular complexity index is 413. The molecule has 71 valence electrons. The van der Waals surface area contributed by atoms with Crippen LogP contribution in [0.2, 0.25) is 0 Å². The van der Waals surface area contributed by atoms with E-state index in [1.165, 1.54) is 19.2 Å². The molecule has 0 fully saturated rings. The van der Waals surface area contributed by atoms with Crippen molar-refractivity contribution in [2.45, 2.75) is 4.90 Å². The largest absolute Gasteiger partial charge is 0.497 e. The van der Waals surface area contributed by atoms with Crippen LogP contribution in [0.1, 0.15) is 0 Å². The molecule has 0 heterocycles. The van der Waals surface area contributed by atoms with Crippen LogP contribution in [0, 0.1) is 0 Å². The second-order valence-corrected chi connectivity index (χ2v) is 3.73. The molecule has 2 N–H and O–H groups in total. The Hall–Kier alpha value is -1.27. The molecule has 0 spiro atoms. The van der Waals surface area contributed by atoms with Gasteiger partial charge in [0.1, 0.15) is 10.6 Å². The summed E-state index contributed by atoms with van der Waals surface area (Å²) in [6, 6.07) is 3.77. The van der Waals surface area contributed by atoms with Crippen LogP contribution in [0.15, 0.2) is 23.1 Å². The molecule has 1 aromatic carbocycles. The van der Waals surface area contributed by atoms with Crippen LogP contribution in [-0.2, 0) is 10.1 Å². The van der Waals surface area contributed by atoms with Gasteiger partial charge >= 0.3 is 0 Å². The average Bonchev–Trinajstić information content (AvgIpc) is 2.03. The highest BCUT2D eigenvalue weighted by Gasteiger charge is 2.14. The summed E-state index contributed by atoms with van der Waals surface area (Å²) in [6.45, 7) is 0. The van der Waals surface area contributed by atoms with Crippen LogP contribution in [0.4, 0.5) is 5.69 Å². The van der Waals surface area contributed by atoms with Crippen LogP contribution in [-0.4, -0.2) is 20.1 Å². The zero-order valence-electron chi connectivity index (χ0n) is 6.81. The van der Waals surface area contributed by atoms with Gasteiger partial charge in [-0.15, -0.1) is 0 Å². The first-order valence-electron chi connectivity index (χ1n) is 3.32. The van der Waals surface area contributed by atoms with E-state index in [1.807, 2.05) is 0 Å². The molecular weight excluding hydrogens is 194 g/mol. The topological polar surface area (TPSA) is 87.4 Å². The van der Waals surface area contributed by atoms with Gasteiger partial charge in [0.15, 0.2) is 0 Å². The van der Waals surface area contributed by atoms with Crippen molar-refractivity contribution in [1.82, 2.24) is 5.73 Å². The summed E-state index contributed by atoms with van der Waals surface area (Å²) in [6.07, 6.45) is 0. The molecule has 0 saturated heterocycles. The highest BCUT2D eigenvalue weighted by Crippen LogP contribution is 2.24. The summed E-state index contributed by atoms with van der Waals surface area (Å²) in [7, 11) is -2.97. The summed E-state index contributed by atoms with van der Waals surface area (Å²) in [5.74, 6) is 0.281. The second kappa shape index (κ2) is 3.23. The molecule has 0 aromatic heterocycles. The van der Waals surface area contributed by atoms with Crippen LogP contribution in [0.5, 0.6) is 5.75 Å². The zero-order valence-corrected chi connectivity index (χ0v) is 7.63. The zero-order chi connectivity index (χ0) is 10.1. The minimum absolute atomic E-state index is 0.261. The summed E-state index contributed by atoms with van der Waals surface area (Å²) >= 11 is 0. The van der Waals surface area contributed by atoms with Gasteiger partial charge in [0.05, 0.1) is 12.8 Å². The van der Waals surface area contributed by atoms with Gasteiger partial charge in [0.2, 0.25) is 0 Å². The van der Waals surface area contributed by atoms with Crippen molar-refractivity contribution in [2.24, 2.45) is 0 Å². The Labute approximate surface area is 75.9 Å². The molecule has 0 amide bonds. The number of methoxy groups -OCH3 is 1. The maximum absolute atomic E-state index is 10.7. The number of ether oxygens (including phenoxy) is 1. The highest BCUT2D eigenvalue weighted by atomic mass is 32.2. The summed E-state index contributed by atoms with van der Waals surface area (Å²) < 4.78 is 34.8. The SMILES string of the molecule is COc1ccc([NH])c(S(=O)(=O)O)c1. The van der Waals surface area contributed by atoms with E-state index < -0.39 is 15.0 Å². The maximum Gasteiger partial charge on any atom is 0.296 e. The molecule has 13 heavy (non-hydrogen) atoms. The maximum atomic E-state index is 10.7. The molecule has 0 unspecified atom stereocenters. The van der Waals surface area contributed by atoms with E-state index in [4.69, 9.17) is 15.0 Å². The number of hydrogen-bond donors (Lipinski definition) is 1. The fourth-order valence-electron chi connectivity index (χ4n) is 0.843. The van der Waals surface area contributed by atoms with Crippen molar-refractivity contribution >= 4 is 15.8 Å². The third-order valence-corrected chi connectivity index (χ3v) is 2.36. The van der Waals surface area contributed by atoms with E-state index in [9.17, 15) is 8.42 Å². The minimum Gasteiger partial charge on any atom is -0.497 e. The van der Waals surface area contributed by atoms with Crippen molar-refractivity contribution in [3.05, 3.63) is 18.2 Å². The average molecular weight is 202 g/mol. The van der Waals surface area contributed by atoms with E-state index >= 15 is 0 Å². The normalized spacial score (nSPS) is 11.2. The molecular formula is C7H8NO4S. The van der Waals surface area contributed by atoms with Crippen LogP contribution in [0.3, 0.4) is 0 Å². The van der Waals surface area contributed by atoms with Gasteiger partial charge in [-0.2, -0.15) is 8.42 Å². The minimum atomic E-state index is -4.33. The van der Waals surface area contributed by atoms with Gasteiger partial charge < -0.3 is 4.74 Å². The Kier molecular flexibility index (Phi) is 2.44. The van der Waals surface area contributed by atoms with E-state index in [0.29, 0.717) is 0 Å². The monoisotopic (exact) mass is 202 g/mol. The summed E-state index contributed by atoms with van der Waals surface area (Å²) in [5, 5.41) is 0. The summed E-state index contributed by atoms with van der Waals surface area (Å²) in [5.41, 5.74) is 6.94. The van der Waals surface area contributed by atoms with Crippen molar-refractivity contribution < 1.29 is 17.7 Å². The Morgan fingerprint density at radius 3 is 2.54 bits per heavy atom. The van der Waals surface area contributed by atoms with Crippen LogP contribution < -0.4 is 10.5 Å². The smallest absolute Gasteiger partial charge is 0.296 e. The lowest BCUT2D eigenvalue weighted by Gasteiger charge is -2.03. The Balaban J connectivity index is 3.36. The van der Waals surface area contributed by atoms with Crippen molar-refractivity contribution in [3.63, 3.8) is 0 Å². The quantitative estimate of drug-likeness (QED) is 0.720. The third kappa shape index (κ3) is 2.10. The number of benzene rings is 1. The molecule has 6 heteroatoms. The Morgan fingerprint density at radius 2 is 2.08 bits per heavy atom. The molecule has 1 aromatic rings. The number of hydrogen-bond acceptors (Lipinski definition) is 3. The lowest BCUT2D eigenvalue weighted by atomic mass is 10.3. The molecule has 0 atom stereocenters. The van der Waals surface area contributed by atoms with Gasteiger partial charge in [0, 0.05) is 6.07 Å². The van der Waals surface area contributed by atoms with E-state index in [1.54, 1.807) is 0 Å². The van der Waals surface area contributed by atoms with Gasteiger partial charge in [-0.05, 0) is 12.1 Å². The first-order chi connectivity index (χ1) is 5.95. The predicted molar refractivity (Wildman–Crippen MR) is 45.6 cm³/mol. The van der Waals surface area contributed by atoms with E-state index in [0.717, 1.165) is 6.07 Å². The molecule has 5 nitrogen and oxygen atoms in total. The molecule has 0 bridgehead atoms. The third-order valence-electron chi connectivity index (χ3n) is 1.47. The van der Waals surface area contributed by atoms with E-state index in [2.05, 4.69) is 0 Å². The summed E-state index contributed by atoms with van der Waals surface area (Å²) in [4.78, 5) is -0.452. The molecule has 0 aliphatic carbocycles. The van der Waals surface area contributed by atoms with Gasteiger partial charge in [-0.1, -0.05) is 0 Å². The van der Waals surface area contributed by atoms with Crippen molar-refractivity contribution in [3.8, 4) is 5.75 Å².